The summed E-state index contributed by atoms with van der Waals surface area (Å²) in [7, 11) is 3.72. The lowest BCUT2D eigenvalue weighted by molar-refractivity contribution is 0.0889. The van der Waals surface area contributed by atoms with Crippen molar-refractivity contribution in [3.8, 4) is 0 Å². The zero-order valence-electron chi connectivity index (χ0n) is 18.9. The minimum atomic E-state index is -0.248. The second kappa shape index (κ2) is 10.2. The molecule has 34 heavy (non-hydrogen) atoms. The number of benzene rings is 1. The van der Waals surface area contributed by atoms with E-state index in [1.54, 1.807) is 19.2 Å². The van der Waals surface area contributed by atoms with Crippen LogP contribution in [0, 0.1) is 0 Å². The number of amides is 2. The summed E-state index contributed by atoms with van der Waals surface area (Å²) in [5, 5.41) is 8.14. The third-order valence-corrected chi connectivity index (χ3v) is 7.75. The van der Waals surface area contributed by atoms with Crippen molar-refractivity contribution in [2.24, 2.45) is 0 Å². The molecule has 1 fully saturated rings. The molecule has 0 spiro atoms. The van der Waals surface area contributed by atoms with E-state index in [0.29, 0.717) is 28.6 Å². The Hall–Kier alpha value is -2.17. The van der Waals surface area contributed by atoms with Crippen LogP contribution in [-0.4, -0.2) is 65.6 Å². The quantitative estimate of drug-likeness (QED) is 0.475. The Bertz CT molecular complexity index is 1210. The predicted octanol–water partition coefficient (Wildman–Crippen LogP) is 3.39. The number of fused-ring (bicyclic) bond motifs is 2. The maximum Gasteiger partial charge on any atom is 0.280 e. The number of H-pyrrole nitrogens is 1. The van der Waals surface area contributed by atoms with Crippen molar-refractivity contribution < 1.29 is 14.3 Å². The average molecular weight is 524 g/mol. The number of halogens is 2. The van der Waals surface area contributed by atoms with Gasteiger partial charge in [0, 0.05) is 47.4 Å². The van der Waals surface area contributed by atoms with Gasteiger partial charge < -0.3 is 25.3 Å². The van der Waals surface area contributed by atoms with Gasteiger partial charge in [0.25, 0.3) is 11.8 Å². The molecule has 0 bridgehead atoms. The van der Waals surface area contributed by atoms with Gasteiger partial charge in [-0.05, 0) is 44.2 Å². The van der Waals surface area contributed by atoms with E-state index in [1.807, 2.05) is 12.1 Å². The number of rotatable bonds is 5. The van der Waals surface area contributed by atoms with Crippen molar-refractivity contribution in [1.82, 2.24) is 25.5 Å². The molecule has 1 aliphatic carbocycles. The second-order valence-corrected chi connectivity index (χ2v) is 10.3. The van der Waals surface area contributed by atoms with E-state index in [-0.39, 0.29) is 42.4 Å². The molecule has 0 radical (unpaired) electrons. The predicted molar refractivity (Wildman–Crippen MR) is 135 cm³/mol. The summed E-state index contributed by atoms with van der Waals surface area (Å²) in [6.07, 6.45) is 2.07. The molecular weight excluding hydrogens is 497 g/mol. The Balaban J connectivity index is 0.00000274. The number of thiazole rings is 1. The molecule has 3 heterocycles. The van der Waals surface area contributed by atoms with Gasteiger partial charge in [-0.1, -0.05) is 11.6 Å². The molecule has 5 rings (SSSR count). The third kappa shape index (κ3) is 5.08. The standard InChI is InChI=1S/C23H26ClN5O3S.ClH/c1-29-6-5-16-20(11-29)33-23(28-16)22(31)27-18-10-14(32-2)9-17(18)26-21(30)19-8-12-7-13(24)3-4-15(12)25-19;/h3-4,7-8,14,17-18,25H,5-6,9-11H2,1-2H3,(H,26,30)(H,27,31);1H/t14?,17-,18-;/m1./s1. The van der Waals surface area contributed by atoms with E-state index in [1.165, 1.54) is 11.3 Å². The van der Waals surface area contributed by atoms with Gasteiger partial charge in [0.05, 0.1) is 23.9 Å². The Morgan fingerprint density at radius 2 is 1.94 bits per heavy atom. The van der Waals surface area contributed by atoms with Crippen LogP contribution in [0.2, 0.25) is 5.02 Å². The van der Waals surface area contributed by atoms with Crippen molar-refractivity contribution in [3.05, 3.63) is 50.6 Å². The fourth-order valence-electron chi connectivity index (χ4n) is 4.63. The molecule has 1 unspecified atom stereocenters. The average Bonchev–Trinajstić information content (AvgIpc) is 3.49. The first-order valence-corrected chi connectivity index (χ1v) is 12.2. The largest absolute Gasteiger partial charge is 0.381 e. The summed E-state index contributed by atoms with van der Waals surface area (Å²) in [6.45, 7) is 1.77. The normalized spacial score (nSPS) is 22.3. The van der Waals surface area contributed by atoms with Crippen LogP contribution in [0.25, 0.3) is 10.9 Å². The molecule has 3 atom stereocenters. The number of hydrogen-bond donors (Lipinski definition) is 3. The molecule has 11 heteroatoms. The van der Waals surface area contributed by atoms with Crippen molar-refractivity contribution in [3.63, 3.8) is 0 Å². The number of ether oxygens (including phenoxy) is 1. The number of aromatic amines is 1. The van der Waals surface area contributed by atoms with Crippen molar-refractivity contribution in [1.29, 1.82) is 0 Å². The molecule has 2 amide bonds. The Kier molecular flexibility index (Phi) is 7.49. The van der Waals surface area contributed by atoms with Crippen LogP contribution in [-0.2, 0) is 17.7 Å². The SMILES string of the molecule is COC1C[C@@H](NC(=O)c2cc3cc(Cl)ccc3[nH]2)[C@H](NC(=O)c2nc3c(s2)CN(C)CC3)C1.Cl. The molecule has 3 N–H and O–H groups in total. The maximum absolute atomic E-state index is 13.0. The lowest BCUT2D eigenvalue weighted by Gasteiger charge is -2.21. The monoisotopic (exact) mass is 523 g/mol. The van der Waals surface area contributed by atoms with Gasteiger partial charge in [-0.2, -0.15) is 0 Å². The summed E-state index contributed by atoms with van der Waals surface area (Å²) >= 11 is 7.51. The number of aromatic nitrogens is 2. The highest BCUT2D eigenvalue weighted by atomic mass is 35.5. The number of nitrogens with one attached hydrogen (secondary N) is 3. The fraction of sp³-hybridized carbons (Fsp3) is 0.435. The molecule has 0 saturated heterocycles. The minimum absolute atomic E-state index is 0. The highest BCUT2D eigenvalue weighted by Crippen LogP contribution is 2.27. The first kappa shape index (κ1) is 24.9. The first-order chi connectivity index (χ1) is 15.9. The van der Waals surface area contributed by atoms with Gasteiger partial charge in [-0.25, -0.2) is 4.98 Å². The van der Waals surface area contributed by atoms with E-state index in [0.717, 1.165) is 41.0 Å². The van der Waals surface area contributed by atoms with Crippen LogP contribution in [0.1, 0.15) is 43.7 Å². The van der Waals surface area contributed by atoms with Gasteiger partial charge >= 0.3 is 0 Å². The summed E-state index contributed by atoms with van der Waals surface area (Å²) < 4.78 is 5.54. The third-order valence-electron chi connectivity index (χ3n) is 6.43. The van der Waals surface area contributed by atoms with Gasteiger partial charge in [0.2, 0.25) is 0 Å². The van der Waals surface area contributed by atoms with Gasteiger partial charge in [-0.3, -0.25) is 9.59 Å². The summed E-state index contributed by atoms with van der Waals surface area (Å²) in [6, 6.07) is 6.73. The van der Waals surface area contributed by atoms with Crippen LogP contribution in [0.5, 0.6) is 0 Å². The number of nitrogens with zero attached hydrogens (tertiary/aromatic N) is 2. The number of carbonyl (C=O) groups is 2. The van der Waals surface area contributed by atoms with E-state index in [2.05, 4.69) is 32.5 Å². The zero-order valence-corrected chi connectivity index (χ0v) is 21.3. The molecular formula is C23H27Cl2N5O3S. The van der Waals surface area contributed by atoms with E-state index >= 15 is 0 Å². The van der Waals surface area contributed by atoms with E-state index < -0.39 is 0 Å². The van der Waals surface area contributed by atoms with Crippen molar-refractivity contribution >= 4 is 58.1 Å². The Morgan fingerprint density at radius 3 is 2.68 bits per heavy atom. The second-order valence-electron chi connectivity index (χ2n) is 8.78. The number of carbonyl (C=O) groups excluding carboxylic acids is 2. The molecule has 2 aliphatic rings. The smallest absolute Gasteiger partial charge is 0.280 e. The van der Waals surface area contributed by atoms with Crippen LogP contribution in [0.3, 0.4) is 0 Å². The lowest BCUT2D eigenvalue weighted by atomic mass is 10.1. The number of likely N-dealkylation sites (N-methyl/N-ethyl adjacent to an activating group) is 1. The summed E-state index contributed by atoms with van der Waals surface area (Å²) in [5.41, 5.74) is 2.32. The van der Waals surface area contributed by atoms with Gasteiger partial charge in [-0.15, -0.1) is 23.7 Å². The van der Waals surface area contributed by atoms with Crippen LogP contribution in [0.4, 0.5) is 0 Å². The molecule has 3 aromatic rings. The summed E-state index contributed by atoms with van der Waals surface area (Å²) in [5.74, 6) is -0.422. The molecule has 182 valence electrons. The van der Waals surface area contributed by atoms with Gasteiger partial charge in [0.15, 0.2) is 5.01 Å². The van der Waals surface area contributed by atoms with Crippen LogP contribution in [0.15, 0.2) is 24.3 Å². The summed E-state index contributed by atoms with van der Waals surface area (Å²) in [4.78, 5) is 37.1. The number of methoxy groups -OCH3 is 1. The highest BCUT2D eigenvalue weighted by molar-refractivity contribution is 7.13. The highest BCUT2D eigenvalue weighted by Gasteiger charge is 2.37. The first-order valence-electron chi connectivity index (χ1n) is 11.0. The Morgan fingerprint density at radius 1 is 1.21 bits per heavy atom. The van der Waals surface area contributed by atoms with E-state index in [4.69, 9.17) is 16.3 Å². The lowest BCUT2D eigenvalue weighted by Crippen LogP contribution is -2.48. The molecule has 1 aliphatic heterocycles. The Labute approximate surface area is 212 Å². The molecule has 1 aromatic carbocycles. The van der Waals surface area contributed by atoms with E-state index in [9.17, 15) is 9.59 Å². The molecule has 2 aromatic heterocycles. The topological polar surface area (TPSA) is 99.3 Å². The zero-order chi connectivity index (χ0) is 23.1. The maximum atomic E-state index is 13.0. The van der Waals surface area contributed by atoms with Crippen molar-refractivity contribution in [2.45, 2.75) is 44.0 Å². The number of hydrogen-bond acceptors (Lipinski definition) is 6. The van der Waals surface area contributed by atoms with Crippen LogP contribution >= 0.6 is 35.3 Å². The fourth-order valence-corrected chi connectivity index (χ4v) is 5.90. The van der Waals surface area contributed by atoms with Gasteiger partial charge in [0.1, 0.15) is 5.69 Å². The molecule has 8 nitrogen and oxygen atoms in total. The molecule has 1 saturated carbocycles. The van der Waals surface area contributed by atoms with Crippen molar-refractivity contribution in [2.75, 3.05) is 20.7 Å². The van der Waals surface area contributed by atoms with Crippen LogP contribution < -0.4 is 10.6 Å². The minimum Gasteiger partial charge on any atom is -0.381 e.